The van der Waals surface area contributed by atoms with Crippen LogP contribution in [-0.2, 0) is 9.53 Å². The second kappa shape index (κ2) is 5.82. The lowest BCUT2D eigenvalue weighted by atomic mass is 9.86. The summed E-state index contributed by atoms with van der Waals surface area (Å²) in [5.41, 5.74) is 1.32. The lowest BCUT2D eigenvalue weighted by molar-refractivity contribution is -0.146. The molecule has 1 aliphatic rings. The Hall–Kier alpha value is -1.35. The van der Waals surface area contributed by atoms with Gasteiger partial charge in [0.25, 0.3) is 0 Å². The molecular weight excluding hydrogens is 214 g/mol. The fraction of sp³-hybridized carbons (Fsp3) is 0.500. The standard InChI is InChI=1S/C14H19NO2/c1-2-17-14(16)13-10-12(8-9-15-13)11-6-4-3-5-7-11/h3-7,12-13,15H,2,8-10H2,1H3/t12-,13-/m0/s1. The maximum atomic E-state index is 11.7. The van der Waals surface area contributed by atoms with Gasteiger partial charge in [0.2, 0.25) is 0 Å². The van der Waals surface area contributed by atoms with Crippen molar-refractivity contribution in [2.45, 2.75) is 31.7 Å². The molecule has 1 aromatic carbocycles. The second-order valence-electron chi connectivity index (χ2n) is 4.39. The third-order valence-corrected chi connectivity index (χ3v) is 3.25. The van der Waals surface area contributed by atoms with E-state index in [0.717, 1.165) is 19.4 Å². The number of nitrogens with one attached hydrogen (secondary N) is 1. The molecule has 17 heavy (non-hydrogen) atoms. The highest BCUT2D eigenvalue weighted by Gasteiger charge is 2.28. The Morgan fingerprint density at radius 3 is 2.88 bits per heavy atom. The molecule has 0 aliphatic carbocycles. The maximum Gasteiger partial charge on any atom is 0.323 e. The van der Waals surface area contributed by atoms with E-state index in [-0.39, 0.29) is 12.0 Å². The molecule has 0 saturated carbocycles. The molecule has 0 unspecified atom stereocenters. The summed E-state index contributed by atoms with van der Waals surface area (Å²) in [4.78, 5) is 11.7. The Kier molecular flexibility index (Phi) is 4.15. The molecule has 0 amide bonds. The van der Waals surface area contributed by atoms with Gasteiger partial charge in [-0.1, -0.05) is 30.3 Å². The van der Waals surface area contributed by atoms with Crippen molar-refractivity contribution < 1.29 is 9.53 Å². The number of esters is 1. The van der Waals surface area contributed by atoms with Crippen LogP contribution in [0.5, 0.6) is 0 Å². The topological polar surface area (TPSA) is 38.3 Å². The van der Waals surface area contributed by atoms with Gasteiger partial charge in [-0.2, -0.15) is 0 Å². The number of carbonyl (C=O) groups is 1. The smallest absolute Gasteiger partial charge is 0.323 e. The molecule has 0 aromatic heterocycles. The number of hydrogen-bond donors (Lipinski definition) is 1. The highest BCUT2D eigenvalue weighted by atomic mass is 16.5. The molecule has 0 radical (unpaired) electrons. The average Bonchev–Trinajstić information content (AvgIpc) is 2.40. The molecule has 1 saturated heterocycles. The summed E-state index contributed by atoms with van der Waals surface area (Å²) in [5.74, 6) is 0.347. The predicted octanol–water partition coefficient (Wildman–Crippen LogP) is 2.09. The van der Waals surface area contributed by atoms with Crippen molar-refractivity contribution in [2.24, 2.45) is 0 Å². The van der Waals surface area contributed by atoms with Crippen molar-refractivity contribution in [2.75, 3.05) is 13.2 Å². The first-order chi connectivity index (χ1) is 8.31. The SMILES string of the molecule is CCOC(=O)[C@@H]1C[C@@H](c2ccccc2)CCN1. The Bertz CT molecular complexity index is 364. The van der Waals surface area contributed by atoms with Gasteiger partial charge in [-0.05, 0) is 37.8 Å². The van der Waals surface area contributed by atoms with E-state index in [0.29, 0.717) is 12.5 Å². The summed E-state index contributed by atoms with van der Waals surface area (Å²) in [7, 11) is 0. The van der Waals surface area contributed by atoms with Crippen molar-refractivity contribution in [3.63, 3.8) is 0 Å². The summed E-state index contributed by atoms with van der Waals surface area (Å²) in [6.45, 7) is 3.17. The lowest BCUT2D eigenvalue weighted by Crippen LogP contribution is -2.43. The van der Waals surface area contributed by atoms with Crippen LogP contribution in [0.3, 0.4) is 0 Å². The zero-order valence-electron chi connectivity index (χ0n) is 10.2. The lowest BCUT2D eigenvalue weighted by Gasteiger charge is -2.29. The van der Waals surface area contributed by atoms with Gasteiger partial charge in [-0.25, -0.2) is 0 Å². The van der Waals surface area contributed by atoms with Crippen LogP contribution >= 0.6 is 0 Å². The van der Waals surface area contributed by atoms with Crippen molar-refractivity contribution >= 4 is 5.97 Å². The van der Waals surface area contributed by atoms with Crippen molar-refractivity contribution in [1.82, 2.24) is 5.32 Å². The summed E-state index contributed by atoms with van der Waals surface area (Å²) in [6.07, 6.45) is 1.92. The van der Waals surface area contributed by atoms with E-state index in [2.05, 4.69) is 29.6 Å². The molecule has 92 valence electrons. The van der Waals surface area contributed by atoms with E-state index in [1.807, 2.05) is 13.0 Å². The average molecular weight is 233 g/mol. The third-order valence-electron chi connectivity index (χ3n) is 3.25. The van der Waals surface area contributed by atoms with E-state index in [9.17, 15) is 4.79 Å². The van der Waals surface area contributed by atoms with Gasteiger partial charge in [-0.3, -0.25) is 4.79 Å². The molecule has 1 aromatic rings. The molecular formula is C14H19NO2. The van der Waals surface area contributed by atoms with Gasteiger partial charge in [0.05, 0.1) is 6.61 Å². The maximum absolute atomic E-state index is 11.7. The van der Waals surface area contributed by atoms with Crippen LogP contribution in [0.4, 0.5) is 0 Å². The van der Waals surface area contributed by atoms with Crippen LogP contribution in [0.25, 0.3) is 0 Å². The predicted molar refractivity (Wildman–Crippen MR) is 66.8 cm³/mol. The van der Waals surface area contributed by atoms with Gasteiger partial charge in [-0.15, -0.1) is 0 Å². The molecule has 1 fully saturated rings. The largest absolute Gasteiger partial charge is 0.465 e. The molecule has 3 nitrogen and oxygen atoms in total. The molecule has 2 rings (SSSR count). The van der Waals surface area contributed by atoms with Gasteiger partial charge in [0.1, 0.15) is 6.04 Å². The first-order valence-electron chi connectivity index (χ1n) is 6.26. The van der Waals surface area contributed by atoms with E-state index >= 15 is 0 Å². The van der Waals surface area contributed by atoms with Crippen LogP contribution < -0.4 is 5.32 Å². The summed E-state index contributed by atoms with van der Waals surface area (Å²) >= 11 is 0. The number of carbonyl (C=O) groups excluding carboxylic acids is 1. The van der Waals surface area contributed by atoms with Gasteiger partial charge >= 0.3 is 5.97 Å². The van der Waals surface area contributed by atoms with Crippen LogP contribution in [0.2, 0.25) is 0 Å². The number of ether oxygens (including phenoxy) is 1. The second-order valence-corrected chi connectivity index (χ2v) is 4.39. The number of hydrogen-bond acceptors (Lipinski definition) is 3. The Balaban J connectivity index is 2.00. The number of benzene rings is 1. The van der Waals surface area contributed by atoms with E-state index in [4.69, 9.17) is 4.74 Å². The van der Waals surface area contributed by atoms with Crippen molar-refractivity contribution in [3.8, 4) is 0 Å². The normalized spacial score (nSPS) is 24.3. The van der Waals surface area contributed by atoms with Crippen LogP contribution in [0.15, 0.2) is 30.3 Å². The van der Waals surface area contributed by atoms with Gasteiger partial charge < -0.3 is 10.1 Å². The molecule has 1 N–H and O–H groups in total. The minimum absolute atomic E-state index is 0.117. The van der Waals surface area contributed by atoms with E-state index < -0.39 is 0 Å². The quantitative estimate of drug-likeness (QED) is 0.812. The highest BCUT2D eigenvalue weighted by molar-refractivity contribution is 5.76. The fourth-order valence-corrected chi connectivity index (χ4v) is 2.37. The zero-order chi connectivity index (χ0) is 12.1. The Morgan fingerprint density at radius 1 is 1.41 bits per heavy atom. The summed E-state index contributed by atoms with van der Waals surface area (Å²) in [6, 6.07) is 10.3. The van der Waals surface area contributed by atoms with E-state index in [1.165, 1.54) is 5.56 Å². The monoisotopic (exact) mass is 233 g/mol. The fourth-order valence-electron chi connectivity index (χ4n) is 2.37. The highest BCUT2D eigenvalue weighted by Crippen LogP contribution is 2.27. The van der Waals surface area contributed by atoms with Crippen molar-refractivity contribution in [3.05, 3.63) is 35.9 Å². The molecule has 2 atom stereocenters. The van der Waals surface area contributed by atoms with Crippen LogP contribution in [-0.4, -0.2) is 25.2 Å². The molecule has 0 spiro atoms. The first-order valence-corrected chi connectivity index (χ1v) is 6.26. The van der Waals surface area contributed by atoms with Crippen LogP contribution in [0.1, 0.15) is 31.2 Å². The first kappa shape index (κ1) is 12.1. The third kappa shape index (κ3) is 3.07. The van der Waals surface area contributed by atoms with E-state index in [1.54, 1.807) is 0 Å². The molecule has 3 heteroatoms. The van der Waals surface area contributed by atoms with Gasteiger partial charge in [0.15, 0.2) is 0 Å². The van der Waals surface area contributed by atoms with Crippen molar-refractivity contribution in [1.29, 1.82) is 0 Å². The zero-order valence-corrected chi connectivity index (χ0v) is 10.2. The van der Waals surface area contributed by atoms with Crippen LogP contribution in [0, 0.1) is 0 Å². The minimum atomic E-state index is -0.145. The Labute approximate surface area is 102 Å². The summed E-state index contributed by atoms with van der Waals surface area (Å²) in [5, 5.41) is 3.23. The molecule has 1 aliphatic heterocycles. The molecule has 1 heterocycles. The minimum Gasteiger partial charge on any atom is -0.465 e. The van der Waals surface area contributed by atoms with Gasteiger partial charge in [0, 0.05) is 0 Å². The Morgan fingerprint density at radius 2 is 2.18 bits per heavy atom. The number of rotatable bonds is 3. The molecule has 0 bridgehead atoms. The number of piperidine rings is 1. The summed E-state index contributed by atoms with van der Waals surface area (Å²) < 4.78 is 5.06.